The monoisotopic (exact) mass is 155 g/mol. The van der Waals surface area contributed by atoms with Gasteiger partial charge in [0, 0.05) is 13.0 Å². The van der Waals surface area contributed by atoms with Gasteiger partial charge in [-0.2, -0.15) is 0 Å². The van der Waals surface area contributed by atoms with Crippen LogP contribution in [0.4, 0.5) is 0 Å². The average Bonchev–Trinajstić information content (AvgIpc) is 2.01. The predicted molar refractivity (Wildman–Crippen MR) is 47.3 cm³/mol. The summed E-state index contributed by atoms with van der Waals surface area (Å²) in [6.07, 6.45) is 5.65. The summed E-state index contributed by atoms with van der Waals surface area (Å²) in [6, 6.07) is 0. The van der Waals surface area contributed by atoms with E-state index in [2.05, 4.69) is 18.8 Å². The van der Waals surface area contributed by atoms with Gasteiger partial charge in [-0.3, -0.25) is 4.79 Å². The summed E-state index contributed by atoms with van der Waals surface area (Å²) in [5.74, 6) is 0.137. The molecule has 0 aliphatic heterocycles. The van der Waals surface area contributed by atoms with Gasteiger partial charge in [-0.1, -0.05) is 25.8 Å². The standard InChI is InChI=1S/C9H17NO/c1-3-5-6-7-9(11)10-8-4-2/h4H,2-3,5-8H2,1H3,(H,10,11). The number of carbonyl (C=O) groups is 1. The highest BCUT2D eigenvalue weighted by Gasteiger charge is 1.96. The first-order chi connectivity index (χ1) is 5.31. The molecule has 0 aromatic heterocycles. The second-order valence-electron chi connectivity index (χ2n) is 2.55. The molecule has 1 amide bonds. The van der Waals surface area contributed by atoms with E-state index in [1.54, 1.807) is 6.08 Å². The summed E-state index contributed by atoms with van der Waals surface area (Å²) in [5.41, 5.74) is 0. The minimum atomic E-state index is 0.137. The fourth-order valence-corrected chi connectivity index (χ4v) is 0.810. The van der Waals surface area contributed by atoms with Gasteiger partial charge >= 0.3 is 0 Å². The molecule has 0 aliphatic rings. The molecule has 0 radical (unpaired) electrons. The molecule has 1 N–H and O–H groups in total. The van der Waals surface area contributed by atoms with Crippen LogP contribution >= 0.6 is 0 Å². The summed E-state index contributed by atoms with van der Waals surface area (Å²) in [7, 11) is 0. The first-order valence-electron chi connectivity index (χ1n) is 4.18. The smallest absolute Gasteiger partial charge is 0.220 e. The maximum absolute atomic E-state index is 10.9. The SMILES string of the molecule is C=CCNC(=O)CCCCC. The largest absolute Gasteiger partial charge is 0.353 e. The Morgan fingerprint density at radius 2 is 2.27 bits per heavy atom. The molecule has 2 nitrogen and oxygen atoms in total. The van der Waals surface area contributed by atoms with Crippen molar-refractivity contribution in [3.05, 3.63) is 12.7 Å². The number of carbonyl (C=O) groups excluding carboxylic acids is 1. The van der Waals surface area contributed by atoms with Crippen molar-refractivity contribution in [2.75, 3.05) is 6.54 Å². The Labute approximate surface area is 68.7 Å². The average molecular weight is 155 g/mol. The molecular weight excluding hydrogens is 138 g/mol. The summed E-state index contributed by atoms with van der Waals surface area (Å²) in [6.45, 7) is 6.23. The maximum atomic E-state index is 10.9. The fraction of sp³-hybridized carbons (Fsp3) is 0.667. The molecule has 0 bridgehead atoms. The highest BCUT2D eigenvalue weighted by Crippen LogP contribution is 1.97. The van der Waals surface area contributed by atoms with Gasteiger partial charge in [0.1, 0.15) is 0 Å². The Morgan fingerprint density at radius 3 is 2.82 bits per heavy atom. The van der Waals surface area contributed by atoms with Gasteiger partial charge < -0.3 is 5.32 Å². The van der Waals surface area contributed by atoms with Crippen LogP contribution in [-0.2, 0) is 4.79 Å². The number of hydrogen-bond donors (Lipinski definition) is 1. The number of nitrogens with one attached hydrogen (secondary N) is 1. The highest BCUT2D eigenvalue weighted by atomic mass is 16.1. The van der Waals surface area contributed by atoms with Crippen molar-refractivity contribution in [1.29, 1.82) is 0 Å². The fourth-order valence-electron chi connectivity index (χ4n) is 0.810. The van der Waals surface area contributed by atoms with Gasteiger partial charge in [0.05, 0.1) is 0 Å². The van der Waals surface area contributed by atoms with Crippen molar-refractivity contribution in [2.45, 2.75) is 32.6 Å². The van der Waals surface area contributed by atoms with Crippen LogP contribution in [0, 0.1) is 0 Å². The van der Waals surface area contributed by atoms with Crippen molar-refractivity contribution < 1.29 is 4.79 Å². The lowest BCUT2D eigenvalue weighted by Crippen LogP contribution is -2.22. The molecule has 0 spiro atoms. The molecule has 0 aromatic carbocycles. The van der Waals surface area contributed by atoms with Crippen molar-refractivity contribution in [3.63, 3.8) is 0 Å². The molecule has 11 heavy (non-hydrogen) atoms. The summed E-state index contributed by atoms with van der Waals surface area (Å²) in [4.78, 5) is 10.9. The van der Waals surface area contributed by atoms with Crippen LogP contribution < -0.4 is 5.32 Å². The molecule has 0 atom stereocenters. The second-order valence-corrected chi connectivity index (χ2v) is 2.55. The number of amides is 1. The number of hydrogen-bond acceptors (Lipinski definition) is 1. The number of rotatable bonds is 6. The Balaban J connectivity index is 3.15. The van der Waals surface area contributed by atoms with Gasteiger partial charge in [0.25, 0.3) is 0 Å². The van der Waals surface area contributed by atoms with Crippen LogP contribution in [0.3, 0.4) is 0 Å². The summed E-state index contributed by atoms with van der Waals surface area (Å²) in [5, 5.41) is 2.73. The van der Waals surface area contributed by atoms with Crippen molar-refractivity contribution >= 4 is 5.91 Å². The molecule has 0 unspecified atom stereocenters. The van der Waals surface area contributed by atoms with E-state index in [0.29, 0.717) is 13.0 Å². The lowest BCUT2D eigenvalue weighted by molar-refractivity contribution is -0.120. The zero-order valence-electron chi connectivity index (χ0n) is 7.23. The van der Waals surface area contributed by atoms with Crippen LogP contribution in [0.15, 0.2) is 12.7 Å². The molecule has 0 fully saturated rings. The molecule has 0 saturated heterocycles. The Morgan fingerprint density at radius 1 is 1.55 bits per heavy atom. The molecule has 0 aliphatic carbocycles. The van der Waals surface area contributed by atoms with Crippen LogP contribution in [-0.4, -0.2) is 12.5 Å². The van der Waals surface area contributed by atoms with Crippen molar-refractivity contribution in [1.82, 2.24) is 5.32 Å². The quantitative estimate of drug-likeness (QED) is 0.460. The molecule has 0 heterocycles. The van der Waals surface area contributed by atoms with Gasteiger partial charge in [-0.05, 0) is 6.42 Å². The van der Waals surface area contributed by atoms with Crippen LogP contribution in [0.5, 0.6) is 0 Å². The predicted octanol–water partition coefficient (Wildman–Crippen LogP) is 1.87. The lowest BCUT2D eigenvalue weighted by atomic mass is 10.2. The van der Waals surface area contributed by atoms with Gasteiger partial charge in [0.15, 0.2) is 0 Å². The summed E-state index contributed by atoms with van der Waals surface area (Å²) >= 11 is 0. The zero-order chi connectivity index (χ0) is 8.53. The third kappa shape index (κ3) is 7.10. The molecule has 64 valence electrons. The Hall–Kier alpha value is -0.790. The Bertz CT molecular complexity index is 121. The minimum Gasteiger partial charge on any atom is -0.353 e. The topological polar surface area (TPSA) is 29.1 Å². The van der Waals surface area contributed by atoms with E-state index in [1.807, 2.05) is 0 Å². The van der Waals surface area contributed by atoms with E-state index in [4.69, 9.17) is 0 Å². The van der Waals surface area contributed by atoms with E-state index < -0.39 is 0 Å². The van der Waals surface area contributed by atoms with E-state index in [-0.39, 0.29) is 5.91 Å². The van der Waals surface area contributed by atoms with Gasteiger partial charge in [-0.15, -0.1) is 6.58 Å². The third-order valence-electron chi connectivity index (χ3n) is 1.45. The molecule has 0 rings (SSSR count). The zero-order valence-corrected chi connectivity index (χ0v) is 7.23. The van der Waals surface area contributed by atoms with E-state index in [0.717, 1.165) is 19.3 Å². The van der Waals surface area contributed by atoms with E-state index >= 15 is 0 Å². The summed E-state index contributed by atoms with van der Waals surface area (Å²) < 4.78 is 0. The third-order valence-corrected chi connectivity index (χ3v) is 1.45. The molecule has 0 saturated carbocycles. The number of unbranched alkanes of at least 4 members (excludes halogenated alkanes) is 2. The lowest BCUT2D eigenvalue weighted by Gasteiger charge is -2.00. The van der Waals surface area contributed by atoms with Gasteiger partial charge in [-0.25, -0.2) is 0 Å². The second kappa shape index (κ2) is 7.32. The first-order valence-corrected chi connectivity index (χ1v) is 4.18. The van der Waals surface area contributed by atoms with Crippen LogP contribution in [0.2, 0.25) is 0 Å². The maximum Gasteiger partial charge on any atom is 0.220 e. The van der Waals surface area contributed by atoms with Crippen LogP contribution in [0.25, 0.3) is 0 Å². The molecular formula is C9H17NO. The molecule has 2 heteroatoms. The van der Waals surface area contributed by atoms with Gasteiger partial charge in [0.2, 0.25) is 5.91 Å². The van der Waals surface area contributed by atoms with Crippen molar-refractivity contribution in [3.8, 4) is 0 Å². The highest BCUT2D eigenvalue weighted by molar-refractivity contribution is 5.75. The Kier molecular flexibility index (Phi) is 6.79. The van der Waals surface area contributed by atoms with E-state index in [9.17, 15) is 4.79 Å². The van der Waals surface area contributed by atoms with E-state index in [1.165, 1.54) is 0 Å². The van der Waals surface area contributed by atoms with Crippen molar-refractivity contribution in [2.24, 2.45) is 0 Å². The minimum absolute atomic E-state index is 0.137. The normalized spacial score (nSPS) is 9.18. The van der Waals surface area contributed by atoms with Crippen LogP contribution in [0.1, 0.15) is 32.6 Å². The molecule has 0 aromatic rings. The first kappa shape index (κ1) is 10.2.